The summed E-state index contributed by atoms with van der Waals surface area (Å²) >= 11 is 0. The maximum absolute atomic E-state index is 13.4. The van der Waals surface area contributed by atoms with Crippen molar-refractivity contribution < 1.29 is 23.9 Å². The number of ketones is 1. The molecule has 3 fully saturated rings. The van der Waals surface area contributed by atoms with Gasteiger partial charge in [-0.3, -0.25) is 14.4 Å². The normalized spacial score (nSPS) is 46.1. The maximum Gasteiger partial charge on any atom is 0.303 e. The van der Waals surface area contributed by atoms with Gasteiger partial charge >= 0.3 is 11.9 Å². The second-order valence-electron chi connectivity index (χ2n) is 10.5. The largest absolute Gasteiger partial charge is 0.462 e. The number of carbonyl (C=O) groups excluding carboxylic acids is 3. The average Bonchev–Trinajstić information content (AvgIpc) is 2.86. The van der Waals surface area contributed by atoms with Crippen LogP contribution >= 0.6 is 0 Å². The van der Waals surface area contributed by atoms with E-state index in [9.17, 15) is 14.4 Å². The molecule has 4 aliphatic rings. The Bertz CT molecular complexity index is 784. The lowest BCUT2D eigenvalue weighted by Gasteiger charge is -2.58. The van der Waals surface area contributed by atoms with E-state index < -0.39 is 5.60 Å². The Morgan fingerprint density at radius 2 is 1.66 bits per heavy atom. The maximum atomic E-state index is 13.4. The first-order valence-corrected chi connectivity index (χ1v) is 11.1. The van der Waals surface area contributed by atoms with E-state index >= 15 is 0 Å². The number of allylic oxidation sites excluding steroid dienone is 1. The lowest BCUT2D eigenvalue weighted by atomic mass is 9.46. The Morgan fingerprint density at radius 1 is 0.966 bits per heavy atom. The third kappa shape index (κ3) is 2.98. The third-order valence-corrected chi connectivity index (χ3v) is 9.13. The van der Waals surface area contributed by atoms with Crippen molar-refractivity contribution >= 4 is 17.7 Å². The van der Waals surface area contributed by atoms with E-state index in [0.29, 0.717) is 12.3 Å². The summed E-state index contributed by atoms with van der Waals surface area (Å²) < 4.78 is 11.3. The van der Waals surface area contributed by atoms with Gasteiger partial charge in [0.2, 0.25) is 0 Å². The van der Waals surface area contributed by atoms with E-state index in [-0.39, 0.29) is 46.5 Å². The molecule has 3 saturated carbocycles. The third-order valence-electron chi connectivity index (χ3n) is 9.13. The smallest absolute Gasteiger partial charge is 0.303 e. The van der Waals surface area contributed by atoms with Crippen LogP contribution in [0.15, 0.2) is 11.6 Å². The number of carbonyl (C=O) groups is 3. The fourth-order valence-electron chi connectivity index (χ4n) is 7.42. The first kappa shape index (κ1) is 20.6. The van der Waals surface area contributed by atoms with Gasteiger partial charge in [0.05, 0.1) is 0 Å². The molecule has 4 rings (SSSR count). The van der Waals surface area contributed by atoms with Gasteiger partial charge in [-0.25, -0.2) is 0 Å². The van der Waals surface area contributed by atoms with Crippen molar-refractivity contribution in [3.63, 3.8) is 0 Å². The van der Waals surface area contributed by atoms with Crippen molar-refractivity contribution in [3.8, 4) is 0 Å². The monoisotopic (exact) mass is 402 g/mol. The number of hydrogen-bond donors (Lipinski definition) is 0. The van der Waals surface area contributed by atoms with Gasteiger partial charge in [0.1, 0.15) is 11.7 Å². The molecule has 0 radical (unpaired) electrons. The van der Waals surface area contributed by atoms with Crippen molar-refractivity contribution in [1.82, 2.24) is 0 Å². The number of ether oxygens (including phenoxy) is 2. The van der Waals surface area contributed by atoms with Crippen LogP contribution in [0.2, 0.25) is 0 Å². The van der Waals surface area contributed by atoms with Crippen LogP contribution in [0, 0.1) is 28.6 Å². The van der Waals surface area contributed by atoms with E-state index in [1.807, 2.05) is 6.08 Å². The van der Waals surface area contributed by atoms with Crippen LogP contribution in [-0.2, 0) is 23.9 Å². The van der Waals surface area contributed by atoms with Gasteiger partial charge in [-0.1, -0.05) is 19.4 Å². The van der Waals surface area contributed by atoms with Gasteiger partial charge in [-0.05, 0) is 68.8 Å². The number of rotatable bonds is 2. The molecule has 0 unspecified atom stereocenters. The topological polar surface area (TPSA) is 69.7 Å². The van der Waals surface area contributed by atoms with Gasteiger partial charge < -0.3 is 9.47 Å². The molecule has 0 spiro atoms. The lowest BCUT2D eigenvalue weighted by molar-refractivity contribution is -0.177. The Labute approximate surface area is 173 Å². The van der Waals surface area contributed by atoms with Crippen molar-refractivity contribution in [2.24, 2.45) is 28.6 Å². The SMILES string of the molecule is CC(=O)O[C@@H]1CC[C@]2(C)C(=CC(=O)[C@@H]3[C@@H]2CC[C@]2(C)[C@H]3CC[C@]2(C)OC(C)=O)C1. The molecule has 0 aromatic carbocycles. The molecule has 0 saturated heterocycles. The summed E-state index contributed by atoms with van der Waals surface area (Å²) in [6.07, 6.45) is 7.98. The van der Waals surface area contributed by atoms with Crippen molar-refractivity contribution in [2.45, 2.75) is 91.3 Å². The quantitative estimate of drug-likeness (QED) is 0.641. The average molecular weight is 403 g/mol. The van der Waals surface area contributed by atoms with E-state index in [2.05, 4.69) is 20.8 Å². The Morgan fingerprint density at radius 3 is 2.31 bits per heavy atom. The van der Waals surface area contributed by atoms with Crippen LogP contribution in [0.1, 0.15) is 79.6 Å². The summed E-state index contributed by atoms with van der Waals surface area (Å²) in [5.41, 5.74) is 0.515. The van der Waals surface area contributed by atoms with Crippen LogP contribution in [0.4, 0.5) is 0 Å². The predicted octanol–water partition coefficient (Wildman–Crippen LogP) is 4.38. The highest BCUT2D eigenvalue weighted by atomic mass is 16.6. The minimum atomic E-state index is -0.493. The summed E-state index contributed by atoms with van der Waals surface area (Å²) in [7, 11) is 0. The molecule has 160 valence electrons. The number of esters is 2. The van der Waals surface area contributed by atoms with Gasteiger partial charge in [0.25, 0.3) is 0 Å². The minimum absolute atomic E-state index is 0.00300. The molecule has 0 amide bonds. The predicted molar refractivity (Wildman–Crippen MR) is 108 cm³/mol. The molecule has 0 aromatic heterocycles. The fraction of sp³-hybridized carbons (Fsp3) is 0.792. The minimum Gasteiger partial charge on any atom is -0.462 e. The van der Waals surface area contributed by atoms with Crippen LogP contribution in [0.5, 0.6) is 0 Å². The first-order chi connectivity index (χ1) is 13.5. The van der Waals surface area contributed by atoms with E-state index in [0.717, 1.165) is 38.5 Å². The summed E-state index contributed by atoms with van der Waals surface area (Å²) in [6, 6.07) is 0. The molecular formula is C24H34O5. The summed E-state index contributed by atoms with van der Waals surface area (Å²) in [5, 5.41) is 0. The summed E-state index contributed by atoms with van der Waals surface area (Å²) in [5.74, 6) is 0.330. The zero-order valence-corrected chi connectivity index (χ0v) is 18.4. The zero-order valence-electron chi connectivity index (χ0n) is 18.4. The van der Waals surface area contributed by atoms with Crippen molar-refractivity contribution in [2.75, 3.05) is 0 Å². The Kier molecular flexibility index (Phi) is 4.75. The highest BCUT2D eigenvalue weighted by Crippen LogP contribution is 2.67. The first-order valence-electron chi connectivity index (χ1n) is 11.1. The zero-order chi connectivity index (χ0) is 21.2. The molecule has 0 bridgehead atoms. The molecule has 0 aromatic rings. The van der Waals surface area contributed by atoms with Crippen LogP contribution < -0.4 is 0 Å². The molecule has 29 heavy (non-hydrogen) atoms. The second-order valence-corrected chi connectivity index (χ2v) is 10.5. The van der Waals surface area contributed by atoms with Crippen molar-refractivity contribution in [3.05, 3.63) is 11.6 Å². The van der Waals surface area contributed by atoms with E-state index in [1.165, 1.54) is 19.4 Å². The van der Waals surface area contributed by atoms with Gasteiger partial charge in [-0.15, -0.1) is 0 Å². The number of hydrogen-bond acceptors (Lipinski definition) is 5. The van der Waals surface area contributed by atoms with Crippen LogP contribution in [0.3, 0.4) is 0 Å². The lowest BCUT2D eigenvalue weighted by Crippen LogP contribution is -2.57. The highest BCUT2D eigenvalue weighted by molar-refractivity contribution is 5.94. The molecule has 0 heterocycles. The van der Waals surface area contributed by atoms with Crippen LogP contribution in [-0.4, -0.2) is 29.4 Å². The standard InChI is InChI=1S/C24H34O5/c1-14(25)28-17-6-9-22(3)16(12-17)13-20(27)21-18(22)7-10-23(4)19(21)8-11-24(23,5)29-15(2)26/h13,17-19,21H,6-12H2,1-5H3/t17-,18+,19+,21-,22-,23-,24+/m1/s1. The molecule has 0 aliphatic heterocycles. The van der Waals surface area contributed by atoms with E-state index in [4.69, 9.17) is 9.47 Å². The Hall–Kier alpha value is -1.65. The molecular weight excluding hydrogens is 368 g/mol. The second kappa shape index (κ2) is 6.68. The summed E-state index contributed by atoms with van der Waals surface area (Å²) in [6.45, 7) is 9.55. The molecule has 4 aliphatic carbocycles. The van der Waals surface area contributed by atoms with Crippen LogP contribution in [0.25, 0.3) is 0 Å². The van der Waals surface area contributed by atoms with Crippen molar-refractivity contribution in [1.29, 1.82) is 0 Å². The highest BCUT2D eigenvalue weighted by Gasteiger charge is 2.65. The molecule has 5 heteroatoms. The fourth-order valence-corrected chi connectivity index (χ4v) is 7.42. The molecule has 7 atom stereocenters. The van der Waals surface area contributed by atoms with Gasteiger partial charge in [0.15, 0.2) is 5.78 Å². The molecule has 0 N–H and O–H groups in total. The van der Waals surface area contributed by atoms with Gasteiger partial charge in [-0.2, -0.15) is 0 Å². The van der Waals surface area contributed by atoms with Gasteiger partial charge in [0, 0.05) is 31.6 Å². The molecule has 5 nitrogen and oxygen atoms in total. The number of fused-ring (bicyclic) bond motifs is 5. The van der Waals surface area contributed by atoms with E-state index in [1.54, 1.807) is 0 Å². The Balaban J connectivity index is 1.65. The summed E-state index contributed by atoms with van der Waals surface area (Å²) in [4.78, 5) is 36.6.